The first-order valence-electron chi connectivity index (χ1n) is 10.9. The highest BCUT2D eigenvalue weighted by Crippen LogP contribution is 2.21. The number of halogens is 1. The van der Waals surface area contributed by atoms with Gasteiger partial charge in [-0.2, -0.15) is 0 Å². The van der Waals surface area contributed by atoms with Gasteiger partial charge in [0, 0.05) is 6.54 Å². The van der Waals surface area contributed by atoms with E-state index in [1.165, 1.54) is 48.2 Å². The third-order valence-corrected chi connectivity index (χ3v) is 5.16. The van der Waals surface area contributed by atoms with E-state index in [0.29, 0.717) is 6.61 Å². The summed E-state index contributed by atoms with van der Waals surface area (Å²) in [6.45, 7) is 8.58. The van der Waals surface area contributed by atoms with Crippen LogP contribution < -0.4 is 4.74 Å². The van der Waals surface area contributed by atoms with E-state index < -0.39 is 0 Å². The van der Waals surface area contributed by atoms with Gasteiger partial charge in [0.2, 0.25) is 0 Å². The molecule has 3 heteroatoms. The second kappa shape index (κ2) is 13.1. The first-order valence-corrected chi connectivity index (χ1v) is 10.9. The largest absolute Gasteiger partial charge is 0.489 e. The molecular weight excluding hydrogens is 390 g/mol. The molecule has 0 spiro atoms. The fourth-order valence-corrected chi connectivity index (χ4v) is 3.64. The van der Waals surface area contributed by atoms with Gasteiger partial charge >= 0.3 is 0 Å². The topological polar surface area (TPSA) is 12.5 Å². The molecule has 0 atom stereocenters. The van der Waals surface area contributed by atoms with E-state index in [2.05, 4.69) is 91.5 Å². The maximum atomic E-state index is 6.07. The molecule has 3 rings (SSSR count). The Hall–Kier alpha value is -2.29. The van der Waals surface area contributed by atoms with Crippen molar-refractivity contribution in [3.8, 4) is 16.9 Å². The lowest BCUT2D eigenvalue weighted by molar-refractivity contribution is 0.277. The summed E-state index contributed by atoms with van der Waals surface area (Å²) in [4.78, 5) is 2.56. The highest BCUT2D eigenvalue weighted by molar-refractivity contribution is 5.85. The summed E-state index contributed by atoms with van der Waals surface area (Å²) in [5.41, 5.74) is 5.01. The summed E-state index contributed by atoms with van der Waals surface area (Å²) < 4.78 is 6.07. The van der Waals surface area contributed by atoms with Crippen LogP contribution in [0.1, 0.15) is 37.8 Å². The van der Waals surface area contributed by atoms with Crippen molar-refractivity contribution >= 4 is 12.4 Å². The van der Waals surface area contributed by atoms with Crippen molar-refractivity contribution in [2.45, 2.75) is 39.7 Å². The van der Waals surface area contributed by atoms with Gasteiger partial charge in [-0.05, 0) is 66.7 Å². The van der Waals surface area contributed by atoms with Crippen LogP contribution in [-0.4, -0.2) is 24.5 Å². The quantitative estimate of drug-likeness (QED) is 0.328. The van der Waals surface area contributed by atoms with Crippen LogP contribution in [0, 0.1) is 0 Å². The van der Waals surface area contributed by atoms with E-state index in [-0.39, 0.29) is 12.4 Å². The van der Waals surface area contributed by atoms with Crippen LogP contribution in [0.2, 0.25) is 0 Å². The van der Waals surface area contributed by atoms with Gasteiger partial charge in [-0.1, -0.05) is 80.6 Å². The minimum atomic E-state index is 0. The summed E-state index contributed by atoms with van der Waals surface area (Å²) in [7, 11) is 0. The molecule has 0 fully saturated rings. The van der Waals surface area contributed by atoms with Gasteiger partial charge in [-0.15, -0.1) is 12.4 Å². The molecule has 0 heterocycles. The van der Waals surface area contributed by atoms with E-state index in [1.54, 1.807) is 0 Å². The third kappa shape index (κ3) is 7.51. The summed E-state index contributed by atoms with van der Waals surface area (Å²) in [6.07, 6.45) is 3.50. The average molecular weight is 424 g/mol. The van der Waals surface area contributed by atoms with Crippen molar-refractivity contribution in [1.29, 1.82) is 0 Å². The molecule has 0 unspecified atom stereocenters. The molecule has 0 aromatic heterocycles. The normalized spacial score (nSPS) is 10.6. The third-order valence-electron chi connectivity index (χ3n) is 5.16. The zero-order chi connectivity index (χ0) is 20.3. The zero-order valence-electron chi connectivity index (χ0n) is 18.2. The van der Waals surface area contributed by atoms with Gasteiger partial charge in [0.1, 0.15) is 12.4 Å². The van der Waals surface area contributed by atoms with Gasteiger partial charge < -0.3 is 9.64 Å². The second-order valence-electron chi connectivity index (χ2n) is 7.59. The molecule has 2 nitrogen and oxygen atoms in total. The van der Waals surface area contributed by atoms with Crippen molar-refractivity contribution in [1.82, 2.24) is 4.90 Å². The molecule has 0 saturated heterocycles. The average Bonchev–Trinajstić information content (AvgIpc) is 2.78. The molecule has 3 aromatic rings. The molecule has 160 valence electrons. The van der Waals surface area contributed by atoms with Crippen LogP contribution in [0.4, 0.5) is 0 Å². The fraction of sp³-hybridized carbons (Fsp3) is 0.333. The van der Waals surface area contributed by atoms with E-state index in [4.69, 9.17) is 4.74 Å². The Labute approximate surface area is 188 Å². The summed E-state index contributed by atoms with van der Waals surface area (Å²) in [6, 6.07) is 27.7. The van der Waals surface area contributed by atoms with E-state index in [1.807, 2.05) is 6.07 Å². The van der Waals surface area contributed by atoms with Crippen molar-refractivity contribution < 1.29 is 4.74 Å². The fourth-order valence-electron chi connectivity index (χ4n) is 3.64. The molecule has 0 aliphatic heterocycles. The summed E-state index contributed by atoms with van der Waals surface area (Å²) in [5.74, 6) is 0.951. The van der Waals surface area contributed by atoms with Crippen molar-refractivity contribution in [2.24, 2.45) is 0 Å². The lowest BCUT2D eigenvalue weighted by Gasteiger charge is -2.20. The lowest BCUT2D eigenvalue weighted by Crippen LogP contribution is -2.27. The molecule has 0 saturated carbocycles. The second-order valence-corrected chi connectivity index (χ2v) is 7.59. The Morgan fingerprint density at radius 1 is 0.667 bits per heavy atom. The molecule has 0 amide bonds. The van der Waals surface area contributed by atoms with Crippen LogP contribution in [-0.2, 0) is 13.0 Å². The van der Waals surface area contributed by atoms with Crippen LogP contribution in [0.3, 0.4) is 0 Å². The van der Waals surface area contributed by atoms with Gasteiger partial charge in [0.05, 0.1) is 0 Å². The van der Waals surface area contributed by atoms with Crippen LogP contribution in [0.5, 0.6) is 5.75 Å². The van der Waals surface area contributed by atoms with E-state index in [9.17, 15) is 0 Å². The summed E-state index contributed by atoms with van der Waals surface area (Å²) in [5, 5.41) is 0. The van der Waals surface area contributed by atoms with E-state index in [0.717, 1.165) is 18.7 Å². The van der Waals surface area contributed by atoms with Gasteiger partial charge in [0.15, 0.2) is 0 Å². The number of ether oxygens (including phenoxy) is 1. The SMILES string of the molecule is CCCN(CCC)CCc1cccc(OCc2ccc(-c3ccccc3)cc2)c1.Cl. The molecular formula is C27H34ClNO. The van der Waals surface area contributed by atoms with Crippen LogP contribution >= 0.6 is 12.4 Å². The van der Waals surface area contributed by atoms with Crippen molar-refractivity contribution in [3.63, 3.8) is 0 Å². The first-order chi connectivity index (χ1) is 14.3. The Morgan fingerprint density at radius 3 is 2.00 bits per heavy atom. The van der Waals surface area contributed by atoms with Crippen LogP contribution in [0.15, 0.2) is 78.9 Å². The minimum absolute atomic E-state index is 0. The number of rotatable bonds is 11. The Morgan fingerprint density at radius 2 is 1.33 bits per heavy atom. The Bertz CT molecular complexity index is 842. The van der Waals surface area contributed by atoms with Crippen molar-refractivity contribution in [3.05, 3.63) is 90.0 Å². The van der Waals surface area contributed by atoms with Gasteiger partial charge in [-0.25, -0.2) is 0 Å². The van der Waals surface area contributed by atoms with Crippen LogP contribution in [0.25, 0.3) is 11.1 Å². The highest BCUT2D eigenvalue weighted by atomic mass is 35.5. The molecule has 3 aromatic carbocycles. The lowest BCUT2D eigenvalue weighted by atomic mass is 10.0. The van der Waals surface area contributed by atoms with Crippen molar-refractivity contribution in [2.75, 3.05) is 19.6 Å². The highest BCUT2D eigenvalue weighted by Gasteiger charge is 2.04. The standard InChI is InChI=1S/C27H33NO.ClH/c1-3-18-28(19-4-2)20-17-23-9-8-12-27(21-23)29-22-24-13-15-26(16-14-24)25-10-6-5-7-11-25;/h5-16,21H,3-4,17-20,22H2,1-2H3;1H. The monoisotopic (exact) mass is 423 g/mol. The molecule has 0 aliphatic rings. The number of benzene rings is 3. The minimum Gasteiger partial charge on any atom is -0.489 e. The predicted molar refractivity (Wildman–Crippen MR) is 131 cm³/mol. The number of hydrogen-bond donors (Lipinski definition) is 0. The molecule has 0 bridgehead atoms. The molecule has 0 aliphatic carbocycles. The number of nitrogens with zero attached hydrogens (tertiary/aromatic N) is 1. The van der Waals surface area contributed by atoms with Gasteiger partial charge in [0.25, 0.3) is 0 Å². The summed E-state index contributed by atoms with van der Waals surface area (Å²) >= 11 is 0. The number of hydrogen-bond acceptors (Lipinski definition) is 2. The maximum absolute atomic E-state index is 6.07. The zero-order valence-corrected chi connectivity index (χ0v) is 19.0. The molecule has 0 radical (unpaired) electrons. The molecule has 30 heavy (non-hydrogen) atoms. The Kier molecular flexibility index (Phi) is 10.5. The first kappa shape index (κ1) is 24.0. The molecule has 0 N–H and O–H groups in total. The van der Waals surface area contributed by atoms with E-state index >= 15 is 0 Å². The van der Waals surface area contributed by atoms with Gasteiger partial charge in [-0.3, -0.25) is 0 Å². The maximum Gasteiger partial charge on any atom is 0.120 e. The predicted octanol–water partition coefficient (Wildman–Crippen LogP) is 7.02. The smallest absolute Gasteiger partial charge is 0.120 e. The Balaban J connectivity index is 0.00000320.